The monoisotopic (exact) mass is 332 g/mol. The van der Waals surface area contributed by atoms with E-state index in [1.165, 1.54) is 0 Å². The Labute approximate surface area is 147 Å². The second kappa shape index (κ2) is 8.11. The average Bonchev–Trinajstić information content (AvgIpc) is 2.65. The zero-order valence-corrected chi connectivity index (χ0v) is 14.1. The third-order valence-electron chi connectivity index (χ3n) is 3.84. The number of hydrogen-bond acceptors (Lipinski definition) is 3. The SMILES string of the molecule is C[C@H](Oc1ccc2ccccc2c1)C(=O)N/N=C\Cc1ccccc1. The van der Waals surface area contributed by atoms with Crippen molar-refractivity contribution in [2.45, 2.75) is 19.4 Å². The minimum absolute atomic E-state index is 0.280. The summed E-state index contributed by atoms with van der Waals surface area (Å²) in [6, 6.07) is 23.7. The molecule has 25 heavy (non-hydrogen) atoms. The van der Waals surface area contributed by atoms with E-state index in [1.54, 1.807) is 13.1 Å². The molecule has 126 valence electrons. The summed E-state index contributed by atoms with van der Waals surface area (Å²) in [7, 11) is 0. The van der Waals surface area contributed by atoms with Crippen molar-refractivity contribution in [3.05, 3.63) is 78.4 Å². The number of rotatable bonds is 6. The standard InChI is InChI=1S/C21H20N2O2/c1-16(21(24)23-22-14-13-17-7-3-2-4-8-17)25-20-12-11-18-9-5-6-10-19(18)15-20/h2-12,14-16H,13H2,1H3,(H,23,24)/b22-14-/t16-/m0/s1. The van der Waals surface area contributed by atoms with Crippen LogP contribution in [-0.2, 0) is 11.2 Å². The van der Waals surface area contributed by atoms with E-state index >= 15 is 0 Å². The van der Waals surface area contributed by atoms with E-state index in [1.807, 2.05) is 72.8 Å². The summed E-state index contributed by atoms with van der Waals surface area (Å²) in [6.45, 7) is 1.71. The van der Waals surface area contributed by atoms with Crippen molar-refractivity contribution in [2.75, 3.05) is 0 Å². The van der Waals surface area contributed by atoms with Crippen LogP contribution in [0.3, 0.4) is 0 Å². The van der Waals surface area contributed by atoms with Crippen molar-refractivity contribution < 1.29 is 9.53 Å². The van der Waals surface area contributed by atoms with Gasteiger partial charge in [0.05, 0.1) is 0 Å². The summed E-state index contributed by atoms with van der Waals surface area (Å²) in [4.78, 5) is 12.1. The van der Waals surface area contributed by atoms with Crippen LogP contribution in [0.25, 0.3) is 10.8 Å². The largest absolute Gasteiger partial charge is 0.481 e. The molecule has 1 amide bonds. The van der Waals surface area contributed by atoms with Crippen LogP contribution >= 0.6 is 0 Å². The van der Waals surface area contributed by atoms with Gasteiger partial charge in [-0.05, 0) is 35.4 Å². The van der Waals surface area contributed by atoms with Gasteiger partial charge in [-0.25, -0.2) is 5.43 Å². The van der Waals surface area contributed by atoms with Gasteiger partial charge < -0.3 is 4.74 Å². The van der Waals surface area contributed by atoms with E-state index in [4.69, 9.17) is 4.74 Å². The lowest BCUT2D eigenvalue weighted by Gasteiger charge is -2.13. The normalized spacial score (nSPS) is 12.2. The van der Waals surface area contributed by atoms with Crippen molar-refractivity contribution in [2.24, 2.45) is 5.10 Å². The van der Waals surface area contributed by atoms with Crippen molar-refractivity contribution in [3.8, 4) is 5.75 Å². The number of fused-ring (bicyclic) bond motifs is 1. The first-order valence-corrected chi connectivity index (χ1v) is 8.23. The van der Waals surface area contributed by atoms with Gasteiger partial charge in [0.1, 0.15) is 5.75 Å². The molecule has 0 aliphatic heterocycles. The molecule has 4 heteroatoms. The second-order valence-corrected chi connectivity index (χ2v) is 5.75. The Morgan fingerprint density at radius 1 is 1.04 bits per heavy atom. The van der Waals surface area contributed by atoms with Gasteiger partial charge in [-0.2, -0.15) is 5.10 Å². The maximum Gasteiger partial charge on any atom is 0.280 e. The highest BCUT2D eigenvalue weighted by Gasteiger charge is 2.13. The number of carbonyl (C=O) groups is 1. The predicted molar refractivity (Wildman–Crippen MR) is 101 cm³/mol. The van der Waals surface area contributed by atoms with Gasteiger partial charge in [0.15, 0.2) is 6.10 Å². The van der Waals surface area contributed by atoms with Crippen molar-refractivity contribution >= 4 is 22.9 Å². The Hall–Kier alpha value is -3.14. The molecule has 0 aromatic heterocycles. The third-order valence-corrected chi connectivity index (χ3v) is 3.84. The first kappa shape index (κ1) is 16.7. The fraction of sp³-hybridized carbons (Fsp3) is 0.143. The summed E-state index contributed by atoms with van der Waals surface area (Å²) in [6.07, 6.45) is 1.71. The lowest BCUT2D eigenvalue weighted by molar-refractivity contribution is -0.127. The van der Waals surface area contributed by atoms with Gasteiger partial charge in [-0.3, -0.25) is 4.79 Å². The molecule has 0 bridgehead atoms. The maximum atomic E-state index is 12.1. The Bertz CT molecular complexity index is 875. The topological polar surface area (TPSA) is 50.7 Å². The quantitative estimate of drug-likeness (QED) is 0.549. The third kappa shape index (κ3) is 4.67. The van der Waals surface area contributed by atoms with Crippen LogP contribution in [0.5, 0.6) is 5.75 Å². The lowest BCUT2D eigenvalue weighted by Crippen LogP contribution is -2.33. The predicted octanol–water partition coefficient (Wildman–Crippen LogP) is 3.95. The molecule has 0 unspecified atom stereocenters. The molecule has 0 fully saturated rings. The molecule has 3 aromatic rings. The van der Waals surface area contributed by atoms with Crippen LogP contribution in [0.15, 0.2) is 77.9 Å². The van der Waals surface area contributed by atoms with Gasteiger partial charge in [0.2, 0.25) is 0 Å². The highest BCUT2D eigenvalue weighted by atomic mass is 16.5. The number of benzene rings is 3. The van der Waals surface area contributed by atoms with Crippen LogP contribution in [0, 0.1) is 0 Å². The smallest absolute Gasteiger partial charge is 0.280 e. The summed E-state index contributed by atoms with van der Waals surface area (Å²) in [5.41, 5.74) is 3.66. The molecule has 4 nitrogen and oxygen atoms in total. The minimum atomic E-state index is -0.630. The summed E-state index contributed by atoms with van der Waals surface area (Å²) < 4.78 is 5.71. The lowest BCUT2D eigenvalue weighted by atomic mass is 10.1. The molecule has 0 spiro atoms. The number of hydrazone groups is 1. The molecule has 0 radical (unpaired) electrons. The number of nitrogens with zero attached hydrogens (tertiary/aromatic N) is 1. The van der Waals surface area contributed by atoms with E-state index in [9.17, 15) is 4.79 Å². The van der Waals surface area contributed by atoms with Crippen molar-refractivity contribution in [3.63, 3.8) is 0 Å². The number of hydrogen-bond donors (Lipinski definition) is 1. The molecular weight excluding hydrogens is 312 g/mol. The number of nitrogens with one attached hydrogen (secondary N) is 1. The Morgan fingerprint density at radius 2 is 1.76 bits per heavy atom. The van der Waals surface area contributed by atoms with E-state index in [0.717, 1.165) is 16.3 Å². The first-order chi connectivity index (χ1) is 12.2. The summed E-state index contributed by atoms with van der Waals surface area (Å²) >= 11 is 0. The molecular formula is C21H20N2O2. The molecule has 0 saturated carbocycles. The molecule has 0 saturated heterocycles. The molecule has 1 N–H and O–H groups in total. The summed E-state index contributed by atoms with van der Waals surface area (Å²) in [5, 5.41) is 6.19. The van der Waals surface area contributed by atoms with E-state index in [0.29, 0.717) is 12.2 Å². The average molecular weight is 332 g/mol. The zero-order chi connectivity index (χ0) is 17.5. The highest BCUT2D eigenvalue weighted by Crippen LogP contribution is 2.21. The molecule has 0 aliphatic carbocycles. The van der Waals surface area contributed by atoms with Gasteiger partial charge >= 0.3 is 0 Å². The molecule has 1 atom stereocenters. The van der Waals surface area contributed by atoms with Gasteiger partial charge in [0.25, 0.3) is 5.91 Å². The Morgan fingerprint density at radius 3 is 2.56 bits per heavy atom. The maximum absolute atomic E-state index is 12.1. The summed E-state index contributed by atoms with van der Waals surface area (Å²) in [5.74, 6) is 0.382. The van der Waals surface area contributed by atoms with Gasteiger partial charge in [-0.15, -0.1) is 0 Å². The molecule has 0 heterocycles. The first-order valence-electron chi connectivity index (χ1n) is 8.23. The van der Waals surface area contributed by atoms with E-state index in [-0.39, 0.29) is 5.91 Å². The van der Waals surface area contributed by atoms with Crippen LogP contribution in [0.1, 0.15) is 12.5 Å². The highest BCUT2D eigenvalue weighted by molar-refractivity contribution is 5.84. The minimum Gasteiger partial charge on any atom is -0.481 e. The fourth-order valence-electron chi connectivity index (χ4n) is 2.46. The van der Waals surface area contributed by atoms with Crippen LogP contribution in [-0.4, -0.2) is 18.2 Å². The molecule has 3 aromatic carbocycles. The fourth-order valence-corrected chi connectivity index (χ4v) is 2.46. The van der Waals surface area contributed by atoms with E-state index in [2.05, 4.69) is 10.5 Å². The Kier molecular flexibility index (Phi) is 5.42. The van der Waals surface area contributed by atoms with Gasteiger partial charge in [-0.1, -0.05) is 60.7 Å². The van der Waals surface area contributed by atoms with Crippen molar-refractivity contribution in [1.82, 2.24) is 5.43 Å². The zero-order valence-electron chi connectivity index (χ0n) is 14.1. The number of carbonyl (C=O) groups excluding carboxylic acids is 1. The van der Waals surface area contributed by atoms with E-state index < -0.39 is 6.10 Å². The van der Waals surface area contributed by atoms with Crippen LogP contribution in [0.4, 0.5) is 0 Å². The molecule has 3 rings (SSSR count). The van der Waals surface area contributed by atoms with Crippen LogP contribution in [0.2, 0.25) is 0 Å². The number of amides is 1. The molecule has 0 aliphatic rings. The van der Waals surface area contributed by atoms with Crippen molar-refractivity contribution in [1.29, 1.82) is 0 Å². The van der Waals surface area contributed by atoms with Crippen LogP contribution < -0.4 is 10.2 Å². The second-order valence-electron chi connectivity index (χ2n) is 5.75. The number of ether oxygens (including phenoxy) is 1. The van der Waals surface area contributed by atoms with Gasteiger partial charge in [0, 0.05) is 12.6 Å². The Balaban J connectivity index is 1.53.